The predicted molar refractivity (Wildman–Crippen MR) is 109 cm³/mol. The van der Waals surface area contributed by atoms with E-state index < -0.39 is 5.97 Å². The van der Waals surface area contributed by atoms with Crippen LogP contribution in [0.15, 0.2) is 0 Å². The van der Waals surface area contributed by atoms with Gasteiger partial charge in [-0.05, 0) is 104 Å². The van der Waals surface area contributed by atoms with Gasteiger partial charge in [-0.15, -0.1) is 0 Å². The Morgan fingerprint density at radius 2 is 1.79 bits per heavy atom. The Morgan fingerprint density at radius 1 is 1.04 bits per heavy atom. The summed E-state index contributed by atoms with van der Waals surface area (Å²) in [6, 6.07) is 0. The third kappa shape index (κ3) is 3.05. The van der Waals surface area contributed by atoms with Crippen LogP contribution in [0.25, 0.3) is 0 Å². The Bertz CT molecular complexity index is 605. The van der Waals surface area contributed by atoms with Gasteiger partial charge < -0.3 is 15.3 Å². The van der Waals surface area contributed by atoms with E-state index in [0.717, 1.165) is 38.5 Å². The van der Waals surface area contributed by atoms with Crippen molar-refractivity contribution in [3.05, 3.63) is 0 Å². The van der Waals surface area contributed by atoms with Crippen molar-refractivity contribution in [3.8, 4) is 0 Å². The molecule has 0 aliphatic heterocycles. The van der Waals surface area contributed by atoms with Crippen molar-refractivity contribution in [3.63, 3.8) is 0 Å². The molecule has 4 rings (SSSR count). The first kappa shape index (κ1) is 20.7. The minimum atomic E-state index is -0.707. The van der Waals surface area contributed by atoms with Crippen LogP contribution < -0.4 is 0 Å². The Labute approximate surface area is 170 Å². The third-order valence-corrected chi connectivity index (χ3v) is 10.3. The predicted octanol–water partition coefficient (Wildman–Crippen LogP) is 4.48. The van der Waals surface area contributed by atoms with Crippen LogP contribution in [0.5, 0.6) is 0 Å². The largest absolute Gasteiger partial charge is 0.481 e. The highest BCUT2D eigenvalue weighted by Gasteiger charge is 2.63. The van der Waals surface area contributed by atoms with Crippen molar-refractivity contribution in [2.24, 2.45) is 46.3 Å². The van der Waals surface area contributed by atoms with Gasteiger partial charge in [-0.2, -0.15) is 0 Å². The molecule has 0 radical (unpaired) electrons. The average Bonchev–Trinajstić information content (AvgIpc) is 3.00. The van der Waals surface area contributed by atoms with Gasteiger partial charge in [0.2, 0.25) is 0 Å². The summed E-state index contributed by atoms with van der Waals surface area (Å²) in [6.07, 6.45) is 9.26. The van der Waals surface area contributed by atoms with Crippen molar-refractivity contribution >= 4 is 5.97 Å². The van der Waals surface area contributed by atoms with Gasteiger partial charge >= 0.3 is 5.97 Å². The smallest absolute Gasteiger partial charge is 0.303 e. The highest BCUT2D eigenvalue weighted by atomic mass is 16.4. The molecule has 3 N–H and O–H groups in total. The van der Waals surface area contributed by atoms with Gasteiger partial charge in [0.05, 0.1) is 12.2 Å². The summed E-state index contributed by atoms with van der Waals surface area (Å²) < 4.78 is 0. The quantitative estimate of drug-likeness (QED) is 0.659. The van der Waals surface area contributed by atoms with E-state index in [0.29, 0.717) is 35.5 Å². The fraction of sp³-hybridized carbons (Fsp3) is 0.958. The van der Waals surface area contributed by atoms with Crippen LogP contribution >= 0.6 is 0 Å². The number of rotatable bonds is 4. The molecular formula is C24H40O4. The zero-order chi connectivity index (χ0) is 20.3. The summed E-state index contributed by atoms with van der Waals surface area (Å²) in [5, 5.41) is 30.8. The summed E-state index contributed by atoms with van der Waals surface area (Å²) in [7, 11) is 0. The van der Waals surface area contributed by atoms with Crippen LogP contribution in [0.2, 0.25) is 0 Å². The number of carbonyl (C=O) groups is 1. The number of carboxylic acids is 1. The van der Waals surface area contributed by atoms with Crippen LogP contribution in [0.3, 0.4) is 0 Å². The molecule has 0 saturated heterocycles. The summed E-state index contributed by atoms with van der Waals surface area (Å²) >= 11 is 0. The van der Waals surface area contributed by atoms with E-state index in [1.807, 2.05) is 0 Å². The monoisotopic (exact) mass is 392 g/mol. The van der Waals surface area contributed by atoms with Crippen molar-refractivity contribution in [2.45, 2.75) is 97.2 Å². The molecule has 4 nitrogen and oxygen atoms in total. The van der Waals surface area contributed by atoms with Crippen molar-refractivity contribution < 1.29 is 20.1 Å². The molecule has 4 heteroatoms. The Morgan fingerprint density at radius 3 is 2.50 bits per heavy atom. The average molecular weight is 393 g/mol. The fourth-order valence-corrected chi connectivity index (χ4v) is 8.71. The molecule has 4 saturated carbocycles. The standard InChI is InChI=1S/C24H40O4/c1-14(4-9-22(27)28)18-7-8-19-17-6-5-15-12-16(25)10-11-23(15,2)20(17)13-21(26)24(18,19)3/h14-21,25-26H,4-13H2,1-3H3,(H,27,28)/t14-,15-,16-,17-,18+,19-,20-,21+,23-,24+/m0/s1. The number of aliphatic hydroxyl groups excluding tert-OH is 2. The number of fused-ring (bicyclic) bond motifs is 5. The second-order valence-electron chi connectivity index (χ2n) is 11.3. The van der Waals surface area contributed by atoms with Gasteiger partial charge in [0.15, 0.2) is 0 Å². The third-order valence-electron chi connectivity index (χ3n) is 10.3. The summed E-state index contributed by atoms with van der Waals surface area (Å²) in [6.45, 7) is 6.99. The molecule has 0 aromatic heterocycles. The van der Waals surface area contributed by atoms with E-state index >= 15 is 0 Å². The highest BCUT2D eigenvalue weighted by molar-refractivity contribution is 5.66. The molecule has 10 atom stereocenters. The molecule has 28 heavy (non-hydrogen) atoms. The maximum atomic E-state index is 11.5. The van der Waals surface area contributed by atoms with Crippen LogP contribution in [0, 0.1) is 46.3 Å². The number of carboxylic acid groups (broad SMARTS) is 1. The molecule has 0 heterocycles. The minimum absolute atomic E-state index is 0.0591. The fourth-order valence-electron chi connectivity index (χ4n) is 8.71. The number of hydrogen-bond donors (Lipinski definition) is 3. The summed E-state index contributed by atoms with van der Waals surface area (Å²) in [5.74, 6) is 2.55. The van der Waals surface area contributed by atoms with E-state index in [4.69, 9.17) is 5.11 Å². The minimum Gasteiger partial charge on any atom is -0.481 e. The molecule has 0 aromatic rings. The molecule has 4 aliphatic rings. The molecule has 4 aliphatic carbocycles. The number of aliphatic carboxylic acids is 1. The lowest BCUT2D eigenvalue weighted by atomic mass is 9.43. The molecule has 0 aromatic carbocycles. The normalized spacial score (nSPS) is 51.7. The first-order valence-corrected chi connectivity index (χ1v) is 11.8. The maximum absolute atomic E-state index is 11.5. The topological polar surface area (TPSA) is 77.8 Å². The number of hydrogen-bond acceptors (Lipinski definition) is 3. The van der Waals surface area contributed by atoms with Crippen LogP contribution in [-0.2, 0) is 4.79 Å². The Balaban J connectivity index is 1.56. The van der Waals surface area contributed by atoms with Gasteiger partial charge in [-0.25, -0.2) is 0 Å². The molecule has 0 unspecified atom stereocenters. The lowest BCUT2D eigenvalue weighted by Gasteiger charge is -2.62. The van der Waals surface area contributed by atoms with Crippen LogP contribution in [-0.4, -0.2) is 33.5 Å². The zero-order valence-electron chi connectivity index (χ0n) is 17.9. The molecule has 4 fully saturated rings. The zero-order valence-corrected chi connectivity index (χ0v) is 17.9. The van der Waals surface area contributed by atoms with Crippen LogP contribution in [0.4, 0.5) is 0 Å². The van der Waals surface area contributed by atoms with Crippen molar-refractivity contribution in [1.29, 1.82) is 0 Å². The van der Waals surface area contributed by atoms with Gasteiger partial charge in [-0.1, -0.05) is 20.8 Å². The van der Waals surface area contributed by atoms with Gasteiger partial charge in [0.1, 0.15) is 0 Å². The molecule has 160 valence electrons. The van der Waals surface area contributed by atoms with Crippen molar-refractivity contribution in [1.82, 2.24) is 0 Å². The van der Waals surface area contributed by atoms with E-state index in [2.05, 4.69) is 20.8 Å². The van der Waals surface area contributed by atoms with Gasteiger partial charge in [0.25, 0.3) is 0 Å². The van der Waals surface area contributed by atoms with Crippen molar-refractivity contribution in [2.75, 3.05) is 0 Å². The Kier molecular flexibility index (Phi) is 5.36. The van der Waals surface area contributed by atoms with E-state index in [1.54, 1.807) is 0 Å². The second kappa shape index (κ2) is 7.27. The lowest BCUT2D eigenvalue weighted by molar-refractivity contribution is -0.175. The Hall–Kier alpha value is -0.610. The van der Waals surface area contributed by atoms with Crippen LogP contribution in [0.1, 0.15) is 85.0 Å². The molecular weight excluding hydrogens is 352 g/mol. The van der Waals surface area contributed by atoms with Gasteiger partial charge in [-0.3, -0.25) is 4.79 Å². The first-order valence-electron chi connectivity index (χ1n) is 11.8. The van der Waals surface area contributed by atoms with E-state index in [9.17, 15) is 15.0 Å². The maximum Gasteiger partial charge on any atom is 0.303 e. The van der Waals surface area contributed by atoms with Gasteiger partial charge in [0, 0.05) is 6.42 Å². The van der Waals surface area contributed by atoms with E-state index in [1.165, 1.54) is 19.3 Å². The summed E-state index contributed by atoms with van der Waals surface area (Å²) in [5.41, 5.74) is 0.216. The molecule has 0 spiro atoms. The summed E-state index contributed by atoms with van der Waals surface area (Å²) in [4.78, 5) is 11.1. The lowest BCUT2D eigenvalue weighted by Crippen LogP contribution is -2.58. The second-order valence-corrected chi connectivity index (χ2v) is 11.3. The first-order chi connectivity index (χ1) is 13.2. The van der Waals surface area contributed by atoms with E-state index in [-0.39, 0.29) is 29.5 Å². The SMILES string of the molecule is C[C@@H](CCC(=O)O)[C@H]1CC[C@H]2[C@@H]3CC[C@H]4C[C@@H](O)CC[C@]4(C)[C@H]3C[C@@H](O)[C@]12C. The number of aliphatic hydroxyl groups is 2. The molecule has 0 bridgehead atoms. The molecule has 0 amide bonds. The highest BCUT2D eigenvalue weighted by Crippen LogP contribution is 2.68.